The predicted molar refractivity (Wildman–Crippen MR) is 120 cm³/mol. The van der Waals surface area contributed by atoms with Gasteiger partial charge in [-0.1, -0.05) is 28.0 Å². The van der Waals surface area contributed by atoms with Crippen molar-refractivity contribution in [2.24, 2.45) is 0 Å². The number of morpholine rings is 1. The Kier molecular flexibility index (Phi) is 7.06. The highest BCUT2D eigenvalue weighted by Gasteiger charge is 2.17. The molecule has 1 fully saturated rings. The Bertz CT molecular complexity index is 1040. The van der Waals surface area contributed by atoms with Crippen molar-refractivity contribution in [2.75, 3.05) is 39.5 Å². The van der Waals surface area contributed by atoms with E-state index >= 15 is 0 Å². The number of hydrogen-bond acceptors (Lipinski definition) is 9. The van der Waals surface area contributed by atoms with Gasteiger partial charge in [0.05, 0.1) is 19.3 Å². The fraction of sp³-hybridized carbons (Fsp3) is 0.476. The number of aromatic nitrogens is 3. The topological polar surface area (TPSA) is 78.8 Å². The van der Waals surface area contributed by atoms with E-state index in [1.807, 2.05) is 32.9 Å². The number of rotatable bonds is 8. The second-order valence-electron chi connectivity index (χ2n) is 7.39. The summed E-state index contributed by atoms with van der Waals surface area (Å²) in [6.45, 7) is 10.5. The number of hydrogen-bond donors (Lipinski definition) is 0. The van der Waals surface area contributed by atoms with Crippen molar-refractivity contribution >= 4 is 33.8 Å². The van der Waals surface area contributed by atoms with Crippen molar-refractivity contribution < 1.29 is 18.9 Å². The Hall–Kier alpha value is -2.20. The Morgan fingerprint density at radius 3 is 2.71 bits per heavy atom. The molecule has 3 heterocycles. The zero-order valence-electron chi connectivity index (χ0n) is 17.8. The van der Waals surface area contributed by atoms with E-state index in [1.54, 1.807) is 6.07 Å². The average molecular weight is 465 g/mol. The average Bonchev–Trinajstić information content (AvgIpc) is 3.15. The maximum absolute atomic E-state index is 6.69. The molecule has 10 heteroatoms. The molecular weight excluding hydrogens is 440 g/mol. The molecule has 0 bridgehead atoms. The van der Waals surface area contributed by atoms with E-state index in [2.05, 4.69) is 20.1 Å². The van der Waals surface area contributed by atoms with Gasteiger partial charge in [-0.15, -0.1) is 5.10 Å². The van der Waals surface area contributed by atoms with Gasteiger partial charge in [-0.2, -0.15) is 0 Å². The second-order valence-corrected chi connectivity index (χ2v) is 8.91. The maximum atomic E-state index is 6.69. The summed E-state index contributed by atoms with van der Waals surface area (Å²) in [6, 6.07) is 5.51. The van der Waals surface area contributed by atoms with Gasteiger partial charge in [-0.25, -0.2) is 4.98 Å². The number of aryl methyl sites for hydroxylation is 1. The molecule has 4 rings (SSSR count). The monoisotopic (exact) mass is 464 g/mol. The predicted octanol–water partition coefficient (Wildman–Crippen LogP) is 4.34. The largest absolute Gasteiger partial charge is 0.491 e. The van der Waals surface area contributed by atoms with Crippen molar-refractivity contribution in [1.29, 1.82) is 0 Å². The lowest BCUT2D eigenvalue weighted by Crippen LogP contribution is -2.38. The zero-order valence-corrected chi connectivity index (χ0v) is 19.3. The molecule has 0 aliphatic carbocycles. The van der Waals surface area contributed by atoms with Crippen LogP contribution in [-0.4, -0.2) is 65.6 Å². The van der Waals surface area contributed by atoms with E-state index in [0.29, 0.717) is 39.7 Å². The third kappa shape index (κ3) is 5.54. The first-order valence-electron chi connectivity index (χ1n) is 10.2. The Balaban J connectivity index is 1.59. The van der Waals surface area contributed by atoms with Crippen molar-refractivity contribution in [3.8, 4) is 22.6 Å². The van der Waals surface area contributed by atoms with Crippen molar-refractivity contribution in [3.63, 3.8) is 0 Å². The standard InChI is InChI=1S/C21H25ClN4O4S/c1-13(2)29-17-12-18(30-21-25-24-14(3)31-21)23-20-15(17)4-5-16(19(20)22)28-11-8-26-6-9-27-10-7-26/h4-5,12-13H,6-11H2,1-3H3. The summed E-state index contributed by atoms with van der Waals surface area (Å²) in [6.07, 6.45) is -0.0227. The second kappa shape index (κ2) is 9.95. The van der Waals surface area contributed by atoms with Crippen LogP contribution in [-0.2, 0) is 4.74 Å². The molecule has 0 spiro atoms. The summed E-state index contributed by atoms with van der Waals surface area (Å²) in [5.74, 6) is 1.55. The molecule has 2 aromatic heterocycles. The lowest BCUT2D eigenvalue weighted by Gasteiger charge is -2.26. The maximum Gasteiger partial charge on any atom is 0.300 e. The van der Waals surface area contributed by atoms with Gasteiger partial charge in [0.1, 0.15) is 33.7 Å². The third-order valence-corrected chi connectivity index (χ3v) is 5.74. The van der Waals surface area contributed by atoms with E-state index in [0.717, 1.165) is 43.2 Å². The quantitative estimate of drug-likeness (QED) is 0.487. The normalized spacial score (nSPS) is 14.9. The van der Waals surface area contributed by atoms with Gasteiger partial charge in [0, 0.05) is 31.1 Å². The van der Waals surface area contributed by atoms with Crippen LogP contribution in [0.1, 0.15) is 18.9 Å². The first kappa shape index (κ1) is 22.0. The van der Waals surface area contributed by atoms with Crippen LogP contribution in [0.3, 0.4) is 0 Å². The summed E-state index contributed by atoms with van der Waals surface area (Å²) in [7, 11) is 0. The van der Waals surface area contributed by atoms with Gasteiger partial charge in [0.25, 0.3) is 0 Å². The first-order valence-corrected chi connectivity index (χ1v) is 11.4. The summed E-state index contributed by atoms with van der Waals surface area (Å²) in [4.78, 5) is 6.91. The van der Waals surface area contributed by atoms with E-state index in [1.165, 1.54) is 11.3 Å². The molecular formula is C21H25ClN4O4S. The van der Waals surface area contributed by atoms with Gasteiger partial charge in [0.15, 0.2) is 0 Å². The molecule has 0 radical (unpaired) electrons. The molecule has 1 aliphatic heterocycles. The highest BCUT2D eigenvalue weighted by Crippen LogP contribution is 2.39. The van der Waals surface area contributed by atoms with Crippen LogP contribution < -0.4 is 14.2 Å². The minimum Gasteiger partial charge on any atom is -0.491 e. The number of ether oxygens (including phenoxy) is 4. The molecule has 0 amide bonds. The molecule has 0 atom stereocenters. The Labute approximate surface area is 190 Å². The number of nitrogens with zero attached hydrogens (tertiary/aromatic N) is 4. The van der Waals surface area contributed by atoms with Crippen molar-refractivity contribution in [3.05, 3.63) is 28.2 Å². The van der Waals surface area contributed by atoms with Crippen LogP contribution >= 0.6 is 22.9 Å². The van der Waals surface area contributed by atoms with E-state index in [-0.39, 0.29) is 6.10 Å². The smallest absolute Gasteiger partial charge is 0.300 e. The molecule has 166 valence electrons. The van der Waals surface area contributed by atoms with Crippen molar-refractivity contribution in [1.82, 2.24) is 20.1 Å². The van der Waals surface area contributed by atoms with Crippen molar-refractivity contribution in [2.45, 2.75) is 26.9 Å². The van der Waals surface area contributed by atoms with Gasteiger partial charge < -0.3 is 18.9 Å². The lowest BCUT2D eigenvalue weighted by molar-refractivity contribution is 0.0322. The number of halogens is 1. The Morgan fingerprint density at radius 2 is 2.00 bits per heavy atom. The number of benzene rings is 1. The summed E-state index contributed by atoms with van der Waals surface area (Å²) < 4.78 is 23.2. The molecule has 8 nitrogen and oxygen atoms in total. The minimum atomic E-state index is -0.0227. The lowest BCUT2D eigenvalue weighted by atomic mass is 10.2. The Morgan fingerprint density at radius 1 is 1.19 bits per heavy atom. The molecule has 1 saturated heterocycles. The van der Waals surface area contributed by atoms with Crippen LogP contribution in [0.4, 0.5) is 0 Å². The minimum absolute atomic E-state index is 0.0227. The molecule has 0 N–H and O–H groups in total. The number of pyridine rings is 1. The van der Waals surface area contributed by atoms with Crippen LogP contribution in [0.25, 0.3) is 10.9 Å². The number of fused-ring (bicyclic) bond motifs is 1. The summed E-state index contributed by atoms with van der Waals surface area (Å²) in [5, 5.41) is 10.4. The summed E-state index contributed by atoms with van der Waals surface area (Å²) >= 11 is 8.04. The van der Waals surface area contributed by atoms with Crippen LogP contribution in [0.5, 0.6) is 22.6 Å². The zero-order chi connectivity index (χ0) is 21.8. The van der Waals surface area contributed by atoms with Gasteiger partial charge in [-0.3, -0.25) is 4.90 Å². The van der Waals surface area contributed by atoms with Crippen LogP contribution in [0.15, 0.2) is 18.2 Å². The van der Waals surface area contributed by atoms with Crippen LogP contribution in [0.2, 0.25) is 5.02 Å². The highest BCUT2D eigenvalue weighted by molar-refractivity contribution is 7.13. The van der Waals surface area contributed by atoms with E-state index < -0.39 is 0 Å². The van der Waals surface area contributed by atoms with Gasteiger partial charge in [-0.05, 0) is 32.9 Å². The molecule has 1 aliphatic rings. The molecule has 31 heavy (non-hydrogen) atoms. The van der Waals surface area contributed by atoms with Gasteiger partial charge >= 0.3 is 5.19 Å². The van der Waals surface area contributed by atoms with E-state index in [4.69, 9.17) is 30.5 Å². The molecule has 3 aromatic rings. The summed E-state index contributed by atoms with van der Waals surface area (Å²) in [5.41, 5.74) is 0.555. The van der Waals surface area contributed by atoms with E-state index in [9.17, 15) is 0 Å². The van der Waals surface area contributed by atoms with Gasteiger partial charge in [0.2, 0.25) is 5.88 Å². The molecule has 0 unspecified atom stereocenters. The third-order valence-electron chi connectivity index (χ3n) is 4.65. The fourth-order valence-corrected chi connectivity index (χ4v) is 4.03. The molecule has 0 saturated carbocycles. The van der Waals surface area contributed by atoms with Crippen LogP contribution in [0, 0.1) is 6.92 Å². The molecule has 1 aromatic carbocycles. The SMILES string of the molecule is Cc1nnc(Oc2cc(OC(C)C)c3ccc(OCCN4CCOCC4)c(Cl)c3n2)s1. The highest BCUT2D eigenvalue weighted by atomic mass is 35.5. The fourth-order valence-electron chi connectivity index (χ4n) is 3.22. The first-order chi connectivity index (χ1) is 15.0.